The first-order chi connectivity index (χ1) is 13.7. The molecular formula is C21H18F2O4S2. The van der Waals surface area contributed by atoms with Gasteiger partial charge in [0, 0.05) is 0 Å². The average Bonchev–Trinajstić information content (AvgIpc) is 2.69. The van der Waals surface area contributed by atoms with Crippen LogP contribution in [0.3, 0.4) is 0 Å². The number of hydrogen-bond acceptors (Lipinski definition) is 4. The van der Waals surface area contributed by atoms with Gasteiger partial charge in [-0.1, -0.05) is 35.9 Å². The topological polar surface area (TPSA) is 66.4 Å². The highest BCUT2D eigenvalue weighted by Crippen LogP contribution is 2.32. The number of halogens is 2. The molecule has 4 nitrogen and oxygen atoms in total. The average molecular weight is 437 g/mol. The van der Waals surface area contributed by atoms with Gasteiger partial charge in [-0.15, -0.1) is 0 Å². The first-order valence-corrected chi connectivity index (χ1v) is 11.2. The molecule has 3 rings (SSSR count). The van der Waals surface area contributed by atoms with E-state index in [2.05, 4.69) is 12.1 Å². The fourth-order valence-electron chi connectivity index (χ4n) is 2.55. The summed E-state index contributed by atoms with van der Waals surface area (Å²) in [5, 5.41) is -4.48. The van der Waals surface area contributed by atoms with Crippen LogP contribution < -0.4 is 4.74 Å². The lowest BCUT2D eigenvalue weighted by Crippen LogP contribution is -2.35. The van der Waals surface area contributed by atoms with Crippen molar-refractivity contribution in [2.24, 2.45) is 0 Å². The third-order valence-corrected chi connectivity index (χ3v) is 7.15. The quantitative estimate of drug-likeness (QED) is 0.401. The molecule has 1 atom stereocenters. The summed E-state index contributed by atoms with van der Waals surface area (Å²) >= 11 is 0. The molecule has 0 heterocycles. The Labute approximate surface area is 171 Å². The molecule has 0 saturated carbocycles. The van der Waals surface area contributed by atoms with E-state index in [1.165, 1.54) is 12.1 Å². The Morgan fingerprint density at radius 3 is 1.86 bits per heavy atom. The molecule has 8 heteroatoms. The summed E-state index contributed by atoms with van der Waals surface area (Å²) in [5.41, 5.74) is 1.14. The molecule has 3 aromatic carbocycles. The van der Waals surface area contributed by atoms with Crippen LogP contribution in [0.4, 0.5) is 8.78 Å². The van der Waals surface area contributed by atoms with Gasteiger partial charge in [-0.25, -0.2) is 8.42 Å². The van der Waals surface area contributed by atoms with Crippen LogP contribution in [0.2, 0.25) is 0 Å². The molecule has 152 valence electrons. The van der Waals surface area contributed by atoms with E-state index in [1.807, 2.05) is 49.4 Å². The third kappa shape index (κ3) is 5.14. The molecule has 0 spiro atoms. The van der Waals surface area contributed by atoms with Crippen LogP contribution in [0.15, 0.2) is 93.5 Å². The predicted octanol–water partition coefficient (Wildman–Crippen LogP) is 4.61. The summed E-state index contributed by atoms with van der Waals surface area (Å²) in [6.07, 6.45) is 0. The number of aryl methyl sites for hydroxylation is 1. The maximum atomic E-state index is 13.3. The Kier molecular flexibility index (Phi) is 6.26. The normalized spacial score (nSPS) is 13.1. The second-order valence-electron chi connectivity index (χ2n) is 6.28. The van der Waals surface area contributed by atoms with Crippen LogP contribution >= 0.6 is 0 Å². The summed E-state index contributed by atoms with van der Waals surface area (Å²) in [4.78, 5) is 3.13. The van der Waals surface area contributed by atoms with Crippen molar-refractivity contribution in [3.63, 3.8) is 0 Å². The first kappa shape index (κ1) is 21.3. The largest absolute Gasteiger partial charge is 0.743 e. The molecule has 3 aromatic rings. The van der Waals surface area contributed by atoms with Gasteiger partial charge in [-0.05, 0) is 55.5 Å². The molecular weight excluding hydrogens is 418 g/mol. The fraction of sp³-hybridized carbons (Fsp3) is 0.143. The monoisotopic (exact) mass is 436 g/mol. The minimum absolute atomic E-state index is 0.0533. The lowest BCUT2D eigenvalue weighted by Gasteiger charge is -2.20. The highest BCUT2D eigenvalue weighted by Gasteiger charge is 2.38. The molecule has 0 bridgehead atoms. The van der Waals surface area contributed by atoms with Gasteiger partial charge < -0.3 is 9.29 Å². The van der Waals surface area contributed by atoms with Crippen LogP contribution in [-0.2, 0) is 21.0 Å². The van der Waals surface area contributed by atoms with E-state index in [4.69, 9.17) is 4.74 Å². The molecule has 0 saturated heterocycles. The molecule has 0 aliphatic heterocycles. The number of hydrogen-bond donors (Lipinski definition) is 0. The highest BCUT2D eigenvalue weighted by atomic mass is 32.2. The van der Waals surface area contributed by atoms with Crippen molar-refractivity contribution in [2.45, 2.75) is 26.9 Å². The van der Waals surface area contributed by atoms with E-state index in [0.29, 0.717) is 0 Å². The van der Waals surface area contributed by atoms with Crippen molar-refractivity contribution >= 4 is 21.0 Å². The van der Waals surface area contributed by atoms with Crippen molar-refractivity contribution in [1.29, 1.82) is 0 Å². The zero-order chi connectivity index (χ0) is 21.1. The first-order valence-electron chi connectivity index (χ1n) is 8.59. The van der Waals surface area contributed by atoms with E-state index in [0.717, 1.165) is 20.2 Å². The molecule has 1 unspecified atom stereocenters. The Balaban J connectivity index is 1.87. The summed E-state index contributed by atoms with van der Waals surface area (Å²) in [6, 6.07) is 24.5. The molecule has 0 fully saturated rings. The van der Waals surface area contributed by atoms with Gasteiger partial charge in [0.15, 0.2) is 31.4 Å². The van der Waals surface area contributed by atoms with Crippen LogP contribution in [0.5, 0.6) is 5.75 Å². The minimum Gasteiger partial charge on any atom is -0.743 e. The highest BCUT2D eigenvalue weighted by molar-refractivity contribution is 7.97. The molecule has 0 radical (unpaired) electrons. The maximum absolute atomic E-state index is 13.3. The Bertz CT molecular complexity index is 1050. The zero-order valence-corrected chi connectivity index (χ0v) is 17.1. The van der Waals surface area contributed by atoms with E-state index in [-0.39, 0.29) is 5.75 Å². The van der Waals surface area contributed by atoms with Gasteiger partial charge in [0.1, 0.15) is 5.75 Å². The van der Waals surface area contributed by atoms with Crippen LogP contribution in [0.1, 0.15) is 5.56 Å². The SMILES string of the molecule is Cc1ccc([S+](c2ccccc2)c2ccc(OCC(F)(F)S(=O)(=O)[O-])cc2)cc1. The van der Waals surface area contributed by atoms with E-state index in [9.17, 15) is 21.8 Å². The van der Waals surface area contributed by atoms with Crippen LogP contribution in [0, 0.1) is 6.92 Å². The zero-order valence-electron chi connectivity index (χ0n) is 15.4. The second kappa shape index (κ2) is 8.52. The number of alkyl halides is 2. The maximum Gasteiger partial charge on any atom is 0.367 e. The van der Waals surface area contributed by atoms with Crippen molar-refractivity contribution in [1.82, 2.24) is 0 Å². The third-order valence-electron chi connectivity index (χ3n) is 4.07. The van der Waals surface area contributed by atoms with Crippen molar-refractivity contribution in [3.05, 3.63) is 84.4 Å². The lowest BCUT2D eigenvalue weighted by molar-refractivity contribution is 0.0279. The van der Waals surface area contributed by atoms with Gasteiger partial charge >= 0.3 is 5.25 Å². The molecule has 0 amide bonds. The summed E-state index contributed by atoms with van der Waals surface area (Å²) in [7, 11) is -6.19. The molecule has 0 aliphatic rings. The lowest BCUT2D eigenvalue weighted by atomic mass is 10.2. The number of rotatable bonds is 7. The number of ether oxygens (including phenoxy) is 1. The Morgan fingerprint density at radius 2 is 1.34 bits per heavy atom. The summed E-state index contributed by atoms with van der Waals surface area (Å²) < 4.78 is 63.1. The van der Waals surface area contributed by atoms with E-state index < -0.39 is 32.9 Å². The van der Waals surface area contributed by atoms with Crippen molar-refractivity contribution in [3.8, 4) is 5.75 Å². The molecule has 0 aliphatic carbocycles. The smallest absolute Gasteiger partial charge is 0.367 e. The standard InChI is InChI=1S/C21H18F2O4S2/c1-16-7-11-19(12-8-16)28(18-5-3-2-4-6-18)20-13-9-17(10-14-20)27-15-21(22,23)29(24,25)26/h2-14H,15H2,1H3. The van der Waals surface area contributed by atoms with Gasteiger partial charge in [0.25, 0.3) is 0 Å². The molecule has 0 aromatic heterocycles. The van der Waals surface area contributed by atoms with Gasteiger partial charge in [0.2, 0.25) is 0 Å². The fourth-order valence-corrected chi connectivity index (χ4v) is 4.82. The van der Waals surface area contributed by atoms with E-state index >= 15 is 0 Å². The van der Waals surface area contributed by atoms with Crippen LogP contribution in [0.25, 0.3) is 0 Å². The Morgan fingerprint density at radius 1 is 0.862 bits per heavy atom. The minimum atomic E-state index is -5.78. The molecule has 29 heavy (non-hydrogen) atoms. The predicted molar refractivity (Wildman–Crippen MR) is 106 cm³/mol. The van der Waals surface area contributed by atoms with Gasteiger partial charge in [0.05, 0.1) is 10.9 Å². The second-order valence-corrected chi connectivity index (χ2v) is 9.82. The van der Waals surface area contributed by atoms with Gasteiger partial charge in [-0.2, -0.15) is 8.78 Å². The van der Waals surface area contributed by atoms with Crippen molar-refractivity contribution < 1.29 is 26.5 Å². The summed E-state index contributed by atoms with van der Waals surface area (Å²) in [5.74, 6) is 0.0533. The molecule has 0 N–H and O–H groups in total. The Hall–Kier alpha value is -2.42. The summed E-state index contributed by atoms with van der Waals surface area (Å²) in [6.45, 7) is 0.481. The van der Waals surface area contributed by atoms with Crippen LogP contribution in [-0.4, -0.2) is 24.8 Å². The van der Waals surface area contributed by atoms with E-state index in [1.54, 1.807) is 12.1 Å². The van der Waals surface area contributed by atoms with Crippen molar-refractivity contribution in [2.75, 3.05) is 6.61 Å². The number of benzene rings is 3. The van der Waals surface area contributed by atoms with Gasteiger partial charge in [-0.3, -0.25) is 0 Å².